The van der Waals surface area contributed by atoms with Crippen LogP contribution in [0.15, 0.2) is 57.7 Å². The van der Waals surface area contributed by atoms with Crippen LogP contribution in [0.4, 0.5) is 0 Å². The zero-order valence-electron chi connectivity index (χ0n) is 15.6. The van der Waals surface area contributed by atoms with E-state index < -0.39 is 12.0 Å². The molecule has 0 bridgehead atoms. The molecule has 3 rings (SSSR count). The van der Waals surface area contributed by atoms with Crippen molar-refractivity contribution >= 4 is 16.9 Å². The van der Waals surface area contributed by atoms with Crippen LogP contribution in [-0.4, -0.2) is 27.3 Å². The highest BCUT2D eigenvalue weighted by Crippen LogP contribution is 2.30. The molecule has 0 fully saturated rings. The van der Waals surface area contributed by atoms with Gasteiger partial charge in [-0.2, -0.15) is 0 Å². The highest BCUT2D eigenvalue weighted by atomic mass is 16.4. The number of phenols is 2. The average molecular weight is 385 g/mol. The molecule has 7 heteroatoms. The molecule has 148 valence electrons. The Kier molecular flexibility index (Phi) is 6.79. The number of aromatic hydroxyl groups is 2. The Bertz CT molecular complexity index is 1010. The molecule has 5 N–H and O–H groups in total. The zero-order valence-corrected chi connectivity index (χ0v) is 15.6. The topological polar surface area (TPSA) is 134 Å². The quantitative estimate of drug-likeness (QED) is 0.541. The Morgan fingerprint density at radius 3 is 2.29 bits per heavy atom. The maximum Gasteiger partial charge on any atom is 0.320 e. The number of hydrogen-bond acceptors (Lipinski definition) is 6. The van der Waals surface area contributed by atoms with Crippen molar-refractivity contribution in [3.05, 3.63) is 58.8 Å². The molecule has 3 aromatic rings. The van der Waals surface area contributed by atoms with Gasteiger partial charge in [0, 0.05) is 23.8 Å². The lowest BCUT2D eigenvalue weighted by atomic mass is 10.1. The molecule has 28 heavy (non-hydrogen) atoms. The molecule has 0 aliphatic rings. The largest absolute Gasteiger partial charge is 0.508 e. The molecule has 0 saturated carbocycles. The van der Waals surface area contributed by atoms with Crippen LogP contribution < -0.4 is 11.2 Å². The SMILES string of the molecule is CC(C)C[C@H](N)C(=O)O.O=c1cc(-c2ccccc2)oc2cc(O)cc(O)c12. The molecule has 7 nitrogen and oxygen atoms in total. The highest BCUT2D eigenvalue weighted by molar-refractivity contribution is 5.85. The monoisotopic (exact) mass is 385 g/mol. The van der Waals surface area contributed by atoms with Crippen LogP contribution in [0.2, 0.25) is 0 Å². The minimum Gasteiger partial charge on any atom is -0.508 e. The fourth-order valence-electron chi connectivity index (χ4n) is 2.61. The third-order valence-corrected chi connectivity index (χ3v) is 3.90. The van der Waals surface area contributed by atoms with Gasteiger partial charge >= 0.3 is 5.97 Å². The first-order valence-corrected chi connectivity index (χ1v) is 8.72. The summed E-state index contributed by atoms with van der Waals surface area (Å²) >= 11 is 0. The normalized spacial score (nSPS) is 11.7. The van der Waals surface area contributed by atoms with Crippen molar-refractivity contribution in [3.8, 4) is 22.8 Å². The minimum atomic E-state index is -0.913. The van der Waals surface area contributed by atoms with Crippen LogP contribution in [0, 0.1) is 5.92 Å². The van der Waals surface area contributed by atoms with Crippen molar-refractivity contribution in [2.75, 3.05) is 0 Å². The molecular weight excluding hydrogens is 362 g/mol. The summed E-state index contributed by atoms with van der Waals surface area (Å²) in [4.78, 5) is 22.1. The van der Waals surface area contributed by atoms with Gasteiger partial charge in [-0.15, -0.1) is 0 Å². The lowest BCUT2D eigenvalue weighted by Gasteiger charge is -2.07. The fourth-order valence-corrected chi connectivity index (χ4v) is 2.61. The average Bonchev–Trinajstić information content (AvgIpc) is 2.61. The van der Waals surface area contributed by atoms with Crippen LogP contribution in [0.25, 0.3) is 22.3 Å². The number of aliphatic carboxylic acids is 1. The van der Waals surface area contributed by atoms with Gasteiger partial charge in [-0.1, -0.05) is 44.2 Å². The van der Waals surface area contributed by atoms with Crippen LogP contribution in [-0.2, 0) is 4.79 Å². The molecule has 0 radical (unpaired) electrons. The Labute approximate surface area is 161 Å². The number of carboxylic acid groups (broad SMARTS) is 1. The van der Waals surface area contributed by atoms with Crippen LogP contribution in [0.1, 0.15) is 20.3 Å². The number of benzene rings is 2. The van der Waals surface area contributed by atoms with E-state index in [2.05, 4.69) is 0 Å². The number of carbonyl (C=O) groups is 1. The number of nitrogens with two attached hydrogens (primary N) is 1. The maximum atomic E-state index is 12.0. The molecule has 1 heterocycles. The van der Waals surface area contributed by atoms with Crippen molar-refractivity contribution in [2.24, 2.45) is 11.7 Å². The summed E-state index contributed by atoms with van der Waals surface area (Å²) in [6, 6.07) is 12.2. The standard InChI is InChI=1S/C15H10O4.C6H13NO2/c16-10-6-11(17)15-12(18)8-13(19-14(15)7-10)9-4-2-1-3-5-9;1-4(2)3-5(7)6(8)9/h1-8,16-17H;4-5H,3,7H2,1-2H3,(H,8,9)/t;5-/m.0/s1. The van der Waals surface area contributed by atoms with E-state index in [-0.39, 0.29) is 27.9 Å². The molecule has 2 aromatic carbocycles. The number of carboxylic acids is 1. The summed E-state index contributed by atoms with van der Waals surface area (Å²) in [5.41, 5.74) is 5.78. The molecule has 0 saturated heterocycles. The van der Waals surface area contributed by atoms with E-state index in [4.69, 9.17) is 15.3 Å². The Morgan fingerprint density at radius 2 is 1.75 bits per heavy atom. The summed E-state index contributed by atoms with van der Waals surface area (Å²) in [6.45, 7) is 3.89. The van der Waals surface area contributed by atoms with Gasteiger partial charge < -0.3 is 25.5 Å². The van der Waals surface area contributed by atoms with E-state index in [1.54, 1.807) is 0 Å². The van der Waals surface area contributed by atoms with E-state index in [0.717, 1.165) is 11.6 Å². The molecule has 1 atom stereocenters. The number of rotatable bonds is 4. The van der Waals surface area contributed by atoms with Gasteiger partial charge in [-0.3, -0.25) is 9.59 Å². The van der Waals surface area contributed by atoms with Gasteiger partial charge in [0.2, 0.25) is 0 Å². The molecule has 0 spiro atoms. The summed E-state index contributed by atoms with van der Waals surface area (Å²) in [5, 5.41) is 27.5. The van der Waals surface area contributed by atoms with E-state index in [1.807, 2.05) is 44.2 Å². The molecule has 1 aromatic heterocycles. The van der Waals surface area contributed by atoms with E-state index in [0.29, 0.717) is 18.1 Å². The first-order valence-electron chi connectivity index (χ1n) is 8.72. The third kappa shape index (κ3) is 5.34. The molecule has 0 aliphatic carbocycles. The smallest absolute Gasteiger partial charge is 0.320 e. The van der Waals surface area contributed by atoms with E-state index in [1.165, 1.54) is 12.1 Å². The lowest BCUT2D eigenvalue weighted by molar-refractivity contribution is -0.138. The van der Waals surface area contributed by atoms with Gasteiger partial charge in [-0.25, -0.2) is 0 Å². The summed E-state index contributed by atoms with van der Waals surface area (Å²) in [5.74, 6) is -0.607. The highest BCUT2D eigenvalue weighted by Gasteiger charge is 2.12. The van der Waals surface area contributed by atoms with Crippen LogP contribution >= 0.6 is 0 Å². The van der Waals surface area contributed by atoms with Crippen molar-refractivity contribution in [1.29, 1.82) is 0 Å². The summed E-state index contributed by atoms with van der Waals surface area (Å²) in [7, 11) is 0. The molecule has 0 amide bonds. The van der Waals surface area contributed by atoms with Crippen molar-refractivity contribution < 1.29 is 24.5 Å². The third-order valence-electron chi connectivity index (χ3n) is 3.90. The predicted molar refractivity (Wildman–Crippen MR) is 106 cm³/mol. The Balaban J connectivity index is 0.000000266. The van der Waals surface area contributed by atoms with E-state index >= 15 is 0 Å². The lowest BCUT2D eigenvalue weighted by Crippen LogP contribution is -2.31. The van der Waals surface area contributed by atoms with Gasteiger partial charge in [0.15, 0.2) is 5.43 Å². The van der Waals surface area contributed by atoms with E-state index in [9.17, 15) is 19.8 Å². The number of hydrogen-bond donors (Lipinski definition) is 4. The van der Waals surface area contributed by atoms with Gasteiger partial charge in [-0.05, 0) is 12.3 Å². The van der Waals surface area contributed by atoms with Crippen LogP contribution in [0.3, 0.4) is 0 Å². The first kappa shape index (κ1) is 21.0. The zero-order chi connectivity index (χ0) is 20.8. The maximum absolute atomic E-state index is 12.0. The van der Waals surface area contributed by atoms with Gasteiger partial charge in [0.05, 0.1) is 0 Å². The Hall–Kier alpha value is -3.32. The number of fused-ring (bicyclic) bond motifs is 1. The van der Waals surface area contributed by atoms with Gasteiger partial charge in [0.25, 0.3) is 0 Å². The number of phenolic OH excluding ortho intramolecular Hbond substituents is 2. The summed E-state index contributed by atoms with van der Waals surface area (Å²) < 4.78 is 5.57. The molecule has 0 aliphatic heterocycles. The minimum absolute atomic E-state index is 0.0671. The second kappa shape index (κ2) is 9.05. The van der Waals surface area contributed by atoms with Crippen molar-refractivity contribution in [1.82, 2.24) is 0 Å². The first-order chi connectivity index (χ1) is 13.2. The van der Waals surface area contributed by atoms with Crippen LogP contribution in [0.5, 0.6) is 11.5 Å². The predicted octanol–water partition coefficient (Wildman–Crippen LogP) is 3.32. The molecular formula is C21H23NO6. The fraction of sp³-hybridized carbons (Fsp3) is 0.238. The van der Waals surface area contributed by atoms with Gasteiger partial charge in [0.1, 0.15) is 34.3 Å². The summed E-state index contributed by atoms with van der Waals surface area (Å²) in [6.07, 6.45) is 0.551. The second-order valence-electron chi connectivity index (χ2n) is 6.75. The van der Waals surface area contributed by atoms with Crippen molar-refractivity contribution in [3.63, 3.8) is 0 Å². The molecule has 0 unspecified atom stereocenters. The second-order valence-corrected chi connectivity index (χ2v) is 6.75. The Morgan fingerprint density at radius 1 is 1.11 bits per heavy atom. The van der Waals surface area contributed by atoms with Crippen molar-refractivity contribution in [2.45, 2.75) is 26.3 Å².